The second-order valence-corrected chi connectivity index (χ2v) is 5.41. The summed E-state index contributed by atoms with van der Waals surface area (Å²) in [5.41, 5.74) is 8.89. The minimum atomic E-state index is 0.359. The Hall–Kier alpha value is -0.900. The van der Waals surface area contributed by atoms with Gasteiger partial charge < -0.3 is 10.5 Å². The van der Waals surface area contributed by atoms with Crippen molar-refractivity contribution in [2.75, 3.05) is 33.4 Å². The molecule has 1 fully saturated rings. The highest BCUT2D eigenvalue weighted by molar-refractivity contribution is 5.30. The van der Waals surface area contributed by atoms with Gasteiger partial charge in [-0.3, -0.25) is 4.90 Å². The molecule has 0 aliphatic carbocycles. The maximum atomic E-state index is 6.05. The predicted molar refractivity (Wildman–Crippen MR) is 79.2 cm³/mol. The first-order valence-corrected chi connectivity index (χ1v) is 7.31. The van der Waals surface area contributed by atoms with E-state index in [-0.39, 0.29) is 0 Å². The van der Waals surface area contributed by atoms with E-state index >= 15 is 0 Å². The lowest BCUT2D eigenvalue weighted by Gasteiger charge is -2.28. The molecule has 1 heterocycles. The van der Waals surface area contributed by atoms with Crippen LogP contribution < -0.4 is 5.73 Å². The minimum Gasteiger partial charge on any atom is -0.384 e. The fourth-order valence-corrected chi connectivity index (χ4v) is 3.17. The summed E-state index contributed by atoms with van der Waals surface area (Å²) in [6, 6.07) is 9.06. The second kappa shape index (κ2) is 7.04. The van der Waals surface area contributed by atoms with E-state index < -0.39 is 0 Å². The molecular weight excluding hydrogens is 236 g/mol. The van der Waals surface area contributed by atoms with Crippen LogP contribution in [0, 0.1) is 5.92 Å². The molecule has 3 nitrogen and oxygen atoms in total. The monoisotopic (exact) mass is 262 g/mol. The molecule has 3 heteroatoms. The highest BCUT2D eigenvalue weighted by atomic mass is 16.5. The average molecular weight is 262 g/mol. The van der Waals surface area contributed by atoms with Crippen LogP contribution in [0.4, 0.5) is 0 Å². The van der Waals surface area contributed by atoms with E-state index in [4.69, 9.17) is 10.5 Å². The van der Waals surface area contributed by atoms with E-state index in [0.29, 0.717) is 18.5 Å². The van der Waals surface area contributed by atoms with Crippen molar-refractivity contribution in [2.45, 2.75) is 25.8 Å². The number of nitrogens with two attached hydrogens (primary N) is 1. The third-order valence-corrected chi connectivity index (χ3v) is 4.18. The standard InChI is InChI=1S/C16H26N2O/c1-3-14-6-4-5-7-15(14)16(10-17)18-9-8-13(11-18)12-19-2/h4-7,13,16H,3,8-12,17H2,1-2H3. The molecule has 0 aromatic heterocycles. The Morgan fingerprint density at radius 1 is 1.42 bits per heavy atom. The Bertz CT molecular complexity index is 394. The van der Waals surface area contributed by atoms with Crippen LogP contribution in [-0.2, 0) is 11.2 Å². The van der Waals surface area contributed by atoms with Crippen LogP contribution in [-0.4, -0.2) is 38.3 Å². The summed E-state index contributed by atoms with van der Waals surface area (Å²) in [4.78, 5) is 2.53. The van der Waals surface area contributed by atoms with Crippen LogP contribution in [0.1, 0.15) is 30.5 Å². The van der Waals surface area contributed by atoms with E-state index in [1.165, 1.54) is 17.5 Å². The molecule has 0 spiro atoms. The lowest BCUT2D eigenvalue weighted by Crippen LogP contribution is -2.33. The van der Waals surface area contributed by atoms with Crippen molar-refractivity contribution in [3.63, 3.8) is 0 Å². The minimum absolute atomic E-state index is 0.359. The van der Waals surface area contributed by atoms with E-state index in [2.05, 4.69) is 36.1 Å². The number of nitrogens with zero attached hydrogens (tertiary/aromatic N) is 1. The van der Waals surface area contributed by atoms with Gasteiger partial charge in [-0.2, -0.15) is 0 Å². The Morgan fingerprint density at radius 3 is 2.89 bits per heavy atom. The molecule has 2 rings (SSSR count). The molecule has 2 atom stereocenters. The SMILES string of the molecule is CCc1ccccc1C(CN)N1CCC(COC)C1. The quantitative estimate of drug-likeness (QED) is 0.854. The molecule has 1 aromatic carbocycles. The van der Waals surface area contributed by atoms with Crippen molar-refractivity contribution < 1.29 is 4.74 Å². The van der Waals surface area contributed by atoms with Crippen molar-refractivity contribution in [2.24, 2.45) is 11.7 Å². The molecule has 1 aliphatic heterocycles. The van der Waals surface area contributed by atoms with Crippen LogP contribution >= 0.6 is 0 Å². The predicted octanol–water partition coefficient (Wildman–Crippen LogP) is 2.22. The van der Waals surface area contributed by atoms with Gasteiger partial charge in [-0.25, -0.2) is 0 Å². The summed E-state index contributed by atoms with van der Waals surface area (Å²) >= 11 is 0. The molecular formula is C16H26N2O. The summed E-state index contributed by atoms with van der Waals surface area (Å²) < 4.78 is 5.28. The van der Waals surface area contributed by atoms with Gasteiger partial charge >= 0.3 is 0 Å². The average Bonchev–Trinajstić information content (AvgIpc) is 2.89. The lowest BCUT2D eigenvalue weighted by atomic mass is 9.97. The molecule has 1 saturated heterocycles. The van der Waals surface area contributed by atoms with Crippen molar-refractivity contribution >= 4 is 0 Å². The number of ether oxygens (including phenoxy) is 1. The molecule has 1 aliphatic rings. The van der Waals surface area contributed by atoms with Crippen LogP contribution in [0.2, 0.25) is 0 Å². The molecule has 2 unspecified atom stereocenters. The summed E-state index contributed by atoms with van der Waals surface area (Å²) in [6.07, 6.45) is 2.29. The fourth-order valence-electron chi connectivity index (χ4n) is 3.17. The van der Waals surface area contributed by atoms with Crippen LogP contribution in [0.15, 0.2) is 24.3 Å². The van der Waals surface area contributed by atoms with Gasteiger partial charge in [0.25, 0.3) is 0 Å². The summed E-state index contributed by atoms with van der Waals surface area (Å²) in [7, 11) is 1.79. The van der Waals surface area contributed by atoms with Gasteiger partial charge in [-0.15, -0.1) is 0 Å². The van der Waals surface area contributed by atoms with E-state index in [0.717, 1.165) is 26.1 Å². The highest BCUT2D eigenvalue weighted by Crippen LogP contribution is 2.29. The van der Waals surface area contributed by atoms with Crippen LogP contribution in [0.25, 0.3) is 0 Å². The van der Waals surface area contributed by atoms with Crippen LogP contribution in [0.3, 0.4) is 0 Å². The molecule has 0 bridgehead atoms. The van der Waals surface area contributed by atoms with E-state index in [1.54, 1.807) is 7.11 Å². The number of hydrogen-bond acceptors (Lipinski definition) is 3. The smallest absolute Gasteiger partial charge is 0.0503 e. The summed E-state index contributed by atoms with van der Waals surface area (Å²) in [6.45, 7) is 6.01. The zero-order chi connectivity index (χ0) is 13.7. The van der Waals surface area contributed by atoms with Gasteiger partial charge in [0.1, 0.15) is 0 Å². The van der Waals surface area contributed by atoms with Gasteiger partial charge in [0.15, 0.2) is 0 Å². The maximum Gasteiger partial charge on any atom is 0.0503 e. The lowest BCUT2D eigenvalue weighted by molar-refractivity contribution is 0.147. The number of hydrogen-bond donors (Lipinski definition) is 1. The summed E-state index contributed by atoms with van der Waals surface area (Å²) in [5.74, 6) is 0.660. The molecule has 2 N–H and O–H groups in total. The van der Waals surface area contributed by atoms with Gasteiger partial charge in [-0.1, -0.05) is 31.2 Å². The second-order valence-electron chi connectivity index (χ2n) is 5.41. The number of methoxy groups -OCH3 is 1. The van der Waals surface area contributed by atoms with Crippen molar-refractivity contribution in [1.82, 2.24) is 4.90 Å². The third kappa shape index (κ3) is 3.35. The first-order valence-electron chi connectivity index (χ1n) is 7.31. The van der Waals surface area contributed by atoms with Gasteiger partial charge in [0, 0.05) is 26.2 Å². The molecule has 19 heavy (non-hydrogen) atoms. The topological polar surface area (TPSA) is 38.5 Å². The molecule has 0 amide bonds. The van der Waals surface area contributed by atoms with Crippen LogP contribution in [0.5, 0.6) is 0 Å². The Kier molecular flexibility index (Phi) is 5.37. The normalized spacial score (nSPS) is 21.7. The number of likely N-dealkylation sites (tertiary alicyclic amines) is 1. The fraction of sp³-hybridized carbons (Fsp3) is 0.625. The number of rotatable bonds is 6. The number of aryl methyl sites for hydroxylation is 1. The number of benzene rings is 1. The zero-order valence-corrected chi connectivity index (χ0v) is 12.1. The molecule has 1 aromatic rings. The van der Waals surface area contributed by atoms with E-state index in [9.17, 15) is 0 Å². The van der Waals surface area contributed by atoms with E-state index in [1.807, 2.05) is 0 Å². The van der Waals surface area contributed by atoms with Gasteiger partial charge in [0.2, 0.25) is 0 Å². The van der Waals surface area contributed by atoms with Crippen molar-refractivity contribution in [3.05, 3.63) is 35.4 Å². The summed E-state index contributed by atoms with van der Waals surface area (Å²) in [5, 5.41) is 0. The van der Waals surface area contributed by atoms with Crippen molar-refractivity contribution in [1.29, 1.82) is 0 Å². The first-order chi connectivity index (χ1) is 9.30. The Labute approximate surface area is 116 Å². The zero-order valence-electron chi connectivity index (χ0n) is 12.1. The van der Waals surface area contributed by atoms with Crippen molar-refractivity contribution in [3.8, 4) is 0 Å². The first kappa shape index (κ1) is 14.5. The highest BCUT2D eigenvalue weighted by Gasteiger charge is 2.29. The molecule has 0 radical (unpaired) electrons. The Morgan fingerprint density at radius 2 is 2.21 bits per heavy atom. The maximum absolute atomic E-state index is 6.05. The Balaban J connectivity index is 2.12. The van der Waals surface area contributed by atoms with Gasteiger partial charge in [-0.05, 0) is 36.4 Å². The molecule has 0 saturated carbocycles. The largest absolute Gasteiger partial charge is 0.384 e. The van der Waals surface area contributed by atoms with Gasteiger partial charge in [0.05, 0.1) is 6.61 Å². The molecule has 106 valence electrons. The third-order valence-electron chi connectivity index (χ3n) is 4.18.